The van der Waals surface area contributed by atoms with Crippen molar-refractivity contribution in [2.75, 3.05) is 0 Å². The lowest BCUT2D eigenvalue weighted by molar-refractivity contribution is 0.673. The van der Waals surface area contributed by atoms with E-state index in [1.54, 1.807) is 0 Å². The van der Waals surface area contributed by atoms with Gasteiger partial charge in [-0.1, -0.05) is 140 Å². The first kappa shape index (κ1) is 32.8. The zero-order valence-corrected chi connectivity index (χ0v) is 32.9. The molecule has 3 aromatic heterocycles. The Morgan fingerprint density at radius 1 is 0.295 bits per heavy atom. The van der Waals surface area contributed by atoms with Gasteiger partial charge in [-0.25, -0.2) is 0 Å². The first-order valence-corrected chi connectivity index (χ1v) is 21.0. The maximum absolute atomic E-state index is 6.76. The number of para-hydroxylation sites is 2. The highest BCUT2D eigenvalue weighted by Crippen LogP contribution is 2.46. The lowest BCUT2D eigenvalue weighted by atomic mass is 9.92. The number of nitrogens with zero attached hydrogens (tertiary/aromatic N) is 2. The van der Waals surface area contributed by atoms with Crippen LogP contribution in [0.5, 0.6) is 0 Å². The van der Waals surface area contributed by atoms with E-state index in [1.165, 1.54) is 81.4 Å². The summed E-state index contributed by atoms with van der Waals surface area (Å²) in [5.74, 6) is 0. The molecule has 3 heteroatoms. The maximum Gasteiger partial charge on any atom is 0.145 e. The molecule has 0 N–H and O–H groups in total. The Kier molecular flexibility index (Phi) is 6.56. The number of hydrogen-bond acceptors (Lipinski definition) is 1. The predicted octanol–water partition coefficient (Wildman–Crippen LogP) is 16.1. The monoisotopic (exact) mass is 774 g/mol. The lowest BCUT2D eigenvalue weighted by Crippen LogP contribution is -1.95. The van der Waals surface area contributed by atoms with E-state index in [9.17, 15) is 0 Å². The predicted molar refractivity (Wildman–Crippen MR) is 258 cm³/mol. The highest BCUT2D eigenvalue weighted by Gasteiger charge is 2.24. The van der Waals surface area contributed by atoms with E-state index < -0.39 is 0 Å². The highest BCUT2D eigenvalue weighted by atomic mass is 16.3. The number of benzene rings is 11. The summed E-state index contributed by atoms with van der Waals surface area (Å²) in [5.41, 5.74) is 11.1. The summed E-state index contributed by atoms with van der Waals surface area (Å²) in [6.07, 6.45) is 0. The molecule has 0 amide bonds. The first-order valence-electron chi connectivity index (χ1n) is 21.0. The van der Waals surface area contributed by atoms with Crippen molar-refractivity contribution in [2.45, 2.75) is 0 Å². The third kappa shape index (κ3) is 4.52. The minimum atomic E-state index is 0.906. The van der Waals surface area contributed by atoms with E-state index >= 15 is 0 Å². The van der Waals surface area contributed by atoms with Gasteiger partial charge in [0.15, 0.2) is 0 Å². The van der Waals surface area contributed by atoms with Gasteiger partial charge in [0.25, 0.3) is 0 Å². The van der Waals surface area contributed by atoms with Crippen LogP contribution in [-0.2, 0) is 0 Å². The van der Waals surface area contributed by atoms with Crippen LogP contribution in [0.4, 0.5) is 0 Å². The summed E-state index contributed by atoms with van der Waals surface area (Å²) in [7, 11) is 0. The normalized spacial score (nSPS) is 12.3. The molecule has 14 aromatic rings. The Labute approximate surface area is 349 Å². The smallest absolute Gasteiger partial charge is 0.145 e. The molecule has 0 saturated heterocycles. The van der Waals surface area contributed by atoms with E-state index in [-0.39, 0.29) is 0 Å². The van der Waals surface area contributed by atoms with Crippen molar-refractivity contribution in [3.05, 3.63) is 206 Å². The number of furan rings is 1. The van der Waals surface area contributed by atoms with Gasteiger partial charge >= 0.3 is 0 Å². The Bertz CT molecular complexity index is 4130. The average molecular weight is 775 g/mol. The van der Waals surface area contributed by atoms with Gasteiger partial charge in [-0.05, 0) is 121 Å². The van der Waals surface area contributed by atoms with Gasteiger partial charge in [-0.3, -0.25) is 0 Å². The van der Waals surface area contributed by atoms with E-state index in [0.29, 0.717) is 0 Å². The lowest BCUT2D eigenvalue weighted by Gasteiger charge is -2.13. The molecule has 0 aliphatic rings. The van der Waals surface area contributed by atoms with Crippen molar-refractivity contribution in [1.82, 2.24) is 9.13 Å². The second kappa shape index (κ2) is 12.2. The molecule has 3 heterocycles. The first-order chi connectivity index (χ1) is 30.3. The van der Waals surface area contributed by atoms with Crippen molar-refractivity contribution in [3.8, 4) is 22.5 Å². The minimum absolute atomic E-state index is 0.906. The molecule has 282 valence electrons. The summed E-state index contributed by atoms with van der Waals surface area (Å²) < 4.78 is 11.7. The standard InChI is InChI=1S/C58H34N2O/c1-2-12-37-33-40(27-23-35(37)11-1)60-53-31-29-47-46-17-8-10-20-54(46)61-58(47)56(53)49-30-32-52-55(57(49)60)48-18-7-9-19-51(48)59(52)39-25-21-36(22-26-39)38-24-28-45-43-15-4-3-13-41(43)42-14-5-6-16-44(42)50(45)34-38/h1-34H. The molecule has 11 aromatic carbocycles. The molecule has 0 radical (unpaired) electrons. The molecular formula is C58H34N2O. The fourth-order valence-corrected chi connectivity index (χ4v) is 10.6. The molecule has 0 fully saturated rings. The van der Waals surface area contributed by atoms with Crippen LogP contribution in [0.25, 0.3) is 131 Å². The van der Waals surface area contributed by atoms with Crippen molar-refractivity contribution in [3.63, 3.8) is 0 Å². The summed E-state index contributed by atoms with van der Waals surface area (Å²) >= 11 is 0. The number of aromatic nitrogens is 2. The zero-order chi connectivity index (χ0) is 39.8. The van der Waals surface area contributed by atoms with Crippen molar-refractivity contribution >= 4 is 109 Å². The fraction of sp³-hybridized carbons (Fsp3) is 0. The van der Waals surface area contributed by atoms with Gasteiger partial charge in [-0.2, -0.15) is 0 Å². The Morgan fingerprint density at radius 2 is 0.852 bits per heavy atom. The third-order valence-corrected chi connectivity index (χ3v) is 13.3. The Morgan fingerprint density at radius 3 is 1.62 bits per heavy atom. The molecular weight excluding hydrogens is 741 g/mol. The van der Waals surface area contributed by atoms with Crippen molar-refractivity contribution < 1.29 is 4.42 Å². The van der Waals surface area contributed by atoms with Crippen molar-refractivity contribution in [2.24, 2.45) is 0 Å². The van der Waals surface area contributed by atoms with Crippen LogP contribution in [0.1, 0.15) is 0 Å². The van der Waals surface area contributed by atoms with Gasteiger partial charge in [-0.15, -0.1) is 0 Å². The molecule has 3 nitrogen and oxygen atoms in total. The summed E-state index contributed by atoms with van der Waals surface area (Å²) in [6, 6.07) is 75.5. The van der Waals surface area contributed by atoms with Gasteiger partial charge in [0.1, 0.15) is 11.2 Å². The number of rotatable bonds is 3. The molecule has 0 spiro atoms. The highest BCUT2D eigenvalue weighted by molar-refractivity contribution is 6.31. The number of hydrogen-bond donors (Lipinski definition) is 0. The van der Waals surface area contributed by atoms with Crippen LogP contribution in [0.15, 0.2) is 211 Å². The van der Waals surface area contributed by atoms with Gasteiger partial charge in [0.05, 0.1) is 27.5 Å². The average Bonchev–Trinajstić information content (AvgIpc) is 3.99. The summed E-state index contributed by atoms with van der Waals surface area (Å²) in [5, 5.41) is 17.2. The third-order valence-electron chi connectivity index (χ3n) is 13.3. The summed E-state index contributed by atoms with van der Waals surface area (Å²) in [4.78, 5) is 0. The van der Waals surface area contributed by atoms with Crippen LogP contribution >= 0.6 is 0 Å². The topological polar surface area (TPSA) is 23.0 Å². The molecule has 0 bridgehead atoms. The Hall–Kier alpha value is -8.14. The second-order valence-corrected chi connectivity index (χ2v) is 16.4. The second-order valence-electron chi connectivity index (χ2n) is 16.4. The summed E-state index contributed by atoms with van der Waals surface area (Å²) in [6.45, 7) is 0. The number of fused-ring (bicyclic) bond motifs is 18. The van der Waals surface area contributed by atoms with Gasteiger partial charge < -0.3 is 13.6 Å². The molecule has 0 unspecified atom stereocenters. The van der Waals surface area contributed by atoms with Gasteiger partial charge in [0.2, 0.25) is 0 Å². The van der Waals surface area contributed by atoms with Crippen LogP contribution in [0.3, 0.4) is 0 Å². The van der Waals surface area contributed by atoms with Crippen LogP contribution < -0.4 is 0 Å². The van der Waals surface area contributed by atoms with Gasteiger partial charge in [0, 0.05) is 38.3 Å². The van der Waals surface area contributed by atoms with Crippen LogP contribution in [-0.4, -0.2) is 9.13 Å². The van der Waals surface area contributed by atoms with E-state index in [2.05, 4.69) is 215 Å². The molecule has 0 atom stereocenters. The quantitative estimate of drug-likeness (QED) is 0.164. The fourth-order valence-electron chi connectivity index (χ4n) is 10.6. The molecule has 14 rings (SSSR count). The Balaban J connectivity index is 1.01. The SMILES string of the molecule is c1ccc2cc(-n3c4ccc5c6ccccc6oc5c4c4ccc5c(c6ccccc6n5-c5ccc(-c6ccc7c8ccccc8c8ccccc8c7c6)cc5)c43)ccc2c1. The molecule has 0 aliphatic heterocycles. The van der Waals surface area contributed by atoms with E-state index in [4.69, 9.17) is 4.42 Å². The molecule has 0 saturated carbocycles. The molecule has 0 aliphatic carbocycles. The molecule has 61 heavy (non-hydrogen) atoms. The van der Waals surface area contributed by atoms with Crippen LogP contribution in [0.2, 0.25) is 0 Å². The van der Waals surface area contributed by atoms with Crippen molar-refractivity contribution in [1.29, 1.82) is 0 Å². The zero-order valence-electron chi connectivity index (χ0n) is 32.9. The minimum Gasteiger partial charge on any atom is -0.455 e. The van der Waals surface area contributed by atoms with E-state index in [0.717, 1.165) is 49.7 Å². The van der Waals surface area contributed by atoms with Crippen LogP contribution in [0, 0.1) is 0 Å². The maximum atomic E-state index is 6.76. The largest absolute Gasteiger partial charge is 0.455 e. The van der Waals surface area contributed by atoms with E-state index in [1.807, 2.05) is 0 Å².